The number of carbonyl (C=O) groups is 1. The predicted molar refractivity (Wildman–Crippen MR) is 84.9 cm³/mol. The molecule has 0 bridgehead atoms. The number of carbonyl (C=O) groups excluding carboxylic acids is 1. The van der Waals surface area contributed by atoms with E-state index in [2.05, 4.69) is 48.9 Å². The van der Waals surface area contributed by atoms with Gasteiger partial charge in [0.25, 0.3) is 0 Å². The van der Waals surface area contributed by atoms with Gasteiger partial charge >= 0.3 is 0 Å². The lowest BCUT2D eigenvalue weighted by Crippen LogP contribution is -2.54. The van der Waals surface area contributed by atoms with Crippen molar-refractivity contribution in [2.24, 2.45) is 5.92 Å². The van der Waals surface area contributed by atoms with Gasteiger partial charge in [-0.05, 0) is 43.2 Å². The van der Waals surface area contributed by atoms with Crippen LogP contribution < -0.4 is 10.6 Å². The Labute approximate surface area is 126 Å². The van der Waals surface area contributed by atoms with Crippen LogP contribution in [0.25, 0.3) is 0 Å². The van der Waals surface area contributed by atoms with Gasteiger partial charge < -0.3 is 10.6 Å². The molecule has 0 saturated carbocycles. The zero-order chi connectivity index (χ0) is 14.6. The van der Waals surface area contributed by atoms with Crippen LogP contribution in [0.4, 0.5) is 0 Å². The first-order valence-corrected chi connectivity index (χ1v) is 8.56. The van der Waals surface area contributed by atoms with Crippen molar-refractivity contribution in [1.82, 2.24) is 10.6 Å². The van der Waals surface area contributed by atoms with Crippen LogP contribution in [0.5, 0.6) is 0 Å². The van der Waals surface area contributed by atoms with E-state index in [4.69, 9.17) is 0 Å². The fraction of sp³-hybridized carbons (Fsp3) is 0.688. The van der Waals surface area contributed by atoms with Crippen molar-refractivity contribution in [2.75, 3.05) is 6.54 Å². The second kappa shape index (κ2) is 6.72. The maximum absolute atomic E-state index is 12.8. The number of nitrogens with one attached hydrogen (secondary N) is 2. The Morgan fingerprint density at radius 1 is 1.55 bits per heavy atom. The molecule has 0 aliphatic carbocycles. The third kappa shape index (κ3) is 3.23. The highest BCUT2D eigenvalue weighted by molar-refractivity contribution is 7.10. The number of hydrogen-bond donors (Lipinski definition) is 2. The molecule has 3 nitrogen and oxygen atoms in total. The molecule has 1 fully saturated rings. The van der Waals surface area contributed by atoms with Crippen molar-refractivity contribution in [3.63, 3.8) is 0 Å². The summed E-state index contributed by atoms with van der Waals surface area (Å²) in [5.74, 6) is 0.585. The molecule has 2 unspecified atom stereocenters. The van der Waals surface area contributed by atoms with Gasteiger partial charge in [-0.25, -0.2) is 0 Å². The molecule has 2 atom stereocenters. The average molecular weight is 294 g/mol. The molecule has 2 heterocycles. The average Bonchev–Trinajstić information content (AvgIpc) is 3.07. The van der Waals surface area contributed by atoms with Crippen LogP contribution in [0.15, 0.2) is 17.5 Å². The van der Waals surface area contributed by atoms with Crippen molar-refractivity contribution in [2.45, 2.75) is 58.0 Å². The second-order valence-corrected chi connectivity index (χ2v) is 7.05. The molecule has 1 amide bonds. The van der Waals surface area contributed by atoms with Crippen LogP contribution in [0.3, 0.4) is 0 Å². The summed E-state index contributed by atoms with van der Waals surface area (Å²) in [5, 5.41) is 8.82. The molecule has 1 aliphatic rings. The monoisotopic (exact) mass is 294 g/mol. The highest BCUT2D eigenvalue weighted by Gasteiger charge is 2.41. The molecule has 4 heteroatoms. The van der Waals surface area contributed by atoms with E-state index in [1.807, 2.05) is 0 Å². The van der Waals surface area contributed by atoms with Gasteiger partial charge in [-0.15, -0.1) is 11.3 Å². The quantitative estimate of drug-likeness (QED) is 0.843. The molecular weight excluding hydrogens is 268 g/mol. The summed E-state index contributed by atoms with van der Waals surface area (Å²) in [4.78, 5) is 14.0. The van der Waals surface area contributed by atoms with Crippen LogP contribution in [0, 0.1) is 5.92 Å². The van der Waals surface area contributed by atoms with Crippen LogP contribution in [-0.4, -0.2) is 18.0 Å². The molecule has 0 spiro atoms. The minimum Gasteiger partial charge on any atom is -0.347 e. The summed E-state index contributed by atoms with van der Waals surface area (Å²) in [5.41, 5.74) is -0.334. The molecule has 112 valence electrons. The van der Waals surface area contributed by atoms with Gasteiger partial charge in [0, 0.05) is 4.88 Å². The first kappa shape index (κ1) is 15.5. The van der Waals surface area contributed by atoms with Gasteiger partial charge in [0.1, 0.15) is 0 Å². The van der Waals surface area contributed by atoms with E-state index in [0.717, 1.165) is 32.2 Å². The fourth-order valence-electron chi connectivity index (χ4n) is 3.07. The Morgan fingerprint density at radius 2 is 2.35 bits per heavy atom. The van der Waals surface area contributed by atoms with Crippen molar-refractivity contribution in [1.29, 1.82) is 0 Å². The molecule has 1 aromatic heterocycles. The Balaban J connectivity index is 2.11. The summed E-state index contributed by atoms with van der Waals surface area (Å²) in [6, 6.07) is 4.29. The third-order valence-corrected chi connectivity index (χ3v) is 5.11. The van der Waals surface area contributed by atoms with Crippen molar-refractivity contribution >= 4 is 17.2 Å². The minimum atomic E-state index is -0.334. The largest absolute Gasteiger partial charge is 0.347 e. The Morgan fingerprint density at radius 3 is 2.85 bits per heavy atom. The van der Waals surface area contributed by atoms with Gasteiger partial charge in [0.15, 0.2) is 0 Å². The topological polar surface area (TPSA) is 41.1 Å². The number of thiophene rings is 1. The van der Waals surface area contributed by atoms with E-state index >= 15 is 0 Å². The number of rotatable bonds is 6. The van der Waals surface area contributed by atoms with Gasteiger partial charge in [-0.2, -0.15) is 0 Å². The SMILES string of the molecule is CCCC1(C(=O)NC(c2cccs2)C(C)C)CCCN1. The summed E-state index contributed by atoms with van der Waals surface area (Å²) in [7, 11) is 0. The van der Waals surface area contributed by atoms with Gasteiger partial charge in [-0.1, -0.05) is 33.3 Å². The first-order chi connectivity index (χ1) is 9.59. The van der Waals surface area contributed by atoms with E-state index < -0.39 is 0 Å². The third-order valence-electron chi connectivity index (χ3n) is 4.16. The Kier molecular flexibility index (Phi) is 5.22. The highest BCUT2D eigenvalue weighted by Crippen LogP contribution is 2.30. The van der Waals surface area contributed by atoms with E-state index in [0.29, 0.717) is 5.92 Å². The van der Waals surface area contributed by atoms with Gasteiger partial charge in [0.05, 0.1) is 11.6 Å². The molecule has 1 saturated heterocycles. The second-order valence-electron chi connectivity index (χ2n) is 6.07. The lowest BCUT2D eigenvalue weighted by atomic mass is 9.89. The van der Waals surface area contributed by atoms with Crippen molar-refractivity contribution in [3.05, 3.63) is 22.4 Å². The molecule has 0 aromatic carbocycles. The first-order valence-electron chi connectivity index (χ1n) is 7.68. The smallest absolute Gasteiger partial charge is 0.240 e. The predicted octanol–water partition coefficient (Wildman–Crippen LogP) is 3.48. The minimum absolute atomic E-state index is 0.124. The van der Waals surface area contributed by atoms with Crippen LogP contribution in [0.2, 0.25) is 0 Å². The standard InChI is InChI=1S/C16H26N2OS/c1-4-8-16(9-6-10-17-16)15(19)18-14(12(2)3)13-7-5-11-20-13/h5,7,11-12,14,17H,4,6,8-10H2,1-3H3,(H,18,19). The lowest BCUT2D eigenvalue weighted by Gasteiger charge is -2.31. The van der Waals surface area contributed by atoms with E-state index in [1.54, 1.807) is 11.3 Å². The summed E-state index contributed by atoms with van der Waals surface area (Å²) >= 11 is 1.72. The highest BCUT2D eigenvalue weighted by atomic mass is 32.1. The molecular formula is C16H26N2OS. The molecule has 2 rings (SSSR count). The van der Waals surface area contributed by atoms with E-state index in [1.165, 1.54) is 4.88 Å². The summed E-state index contributed by atoms with van der Waals surface area (Å²) in [6.45, 7) is 7.44. The summed E-state index contributed by atoms with van der Waals surface area (Å²) < 4.78 is 0. The maximum Gasteiger partial charge on any atom is 0.240 e. The number of amides is 1. The molecule has 20 heavy (non-hydrogen) atoms. The van der Waals surface area contributed by atoms with E-state index in [-0.39, 0.29) is 17.5 Å². The fourth-order valence-corrected chi connectivity index (χ4v) is 4.02. The van der Waals surface area contributed by atoms with Crippen LogP contribution >= 0.6 is 11.3 Å². The van der Waals surface area contributed by atoms with E-state index in [9.17, 15) is 4.79 Å². The van der Waals surface area contributed by atoms with Crippen LogP contribution in [0.1, 0.15) is 57.4 Å². The molecule has 1 aliphatic heterocycles. The van der Waals surface area contributed by atoms with Gasteiger partial charge in [0.2, 0.25) is 5.91 Å². The lowest BCUT2D eigenvalue weighted by molar-refractivity contribution is -0.128. The molecule has 1 aromatic rings. The van der Waals surface area contributed by atoms with Crippen molar-refractivity contribution in [3.8, 4) is 0 Å². The van der Waals surface area contributed by atoms with Crippen molar-refractivity contribution < 1.29 is 4.79 Å². The summed E-state index contributed by atoms with van der Waals surface area (Å²) in [6.07, 6.45) is 4.01. The molecule has 0 radical (unpaired) electrons. The Bertz CT molecular complexity index is 422. The molecule has 2 N–H and O–H groups in total. The maximum atomic E-state index is 12.8. The number of hydrogen-bond acceptors (Lipinski definition) is 3. The van der Waals surface area contributed by atoms with Gasteiger partial charge in [-0.3, -0.25) is 4.79 Å². The Hall–Kier alpha value is -0.870. The normalized spacial score (nSPS) is 24.0. The van der Waals surface area contributed by atoms with Crippen LogP contribution in [-0.2, 0) is 4.79 Å². The zero-order valence-corrected chi connectivity index (χ0v) is 13.6. The zero-order valence-electron chi connectivity index (χ0n) is 12.7.